The molecule has 1 atom stereocenters. The standard InChI is InChI=1S/C27H29BN4O6/c33-24(31-18-28(37)38)16-30-27(36)23(15-19-7-3-1-4-8-19)32-25(34)17-29-26(35)22-13-11-21(12-14-22)20-9-5-2-6-10-20/h1-14,23,37-38H,15-18H2,(H,29,35)(H,30,36)(H,31,33)(H,32,34). The SMILES string of the molecule is O=C(CNC(=O)C(Cc1ccccc1)NC(=O)CNC(=O)c1ccc(-c2ccccc2)cc1)NCB(O)O. The summed E-state index contributed by atoms with van der Waals surface area (Å²) in [5.74, 6) is -2.25. The highest BCUT2D eigenvalue weighted by atomic mass is 16.4. The van der Waals surface area contributed by atoms with Crippen molar-refractivity contribution in [2.45, 2.75) is 12.5 Å². The smallest absolute Gasteiger partial charge is 0.426 e. The first-order valence-corrected chi connectivity index (χ1v) is 12.0. The van der Waals surface area contributed by atoms with Crippen LogP contribution in [0.15, 0.2) is 84.9 Å². The van der Waals surface area contributed by atoms with Crippen LogP contribution in [-0.2, 0) is 20.8 Å². The van der Waals surface area contributed by atoms with Gasteiger partial charge in [-0.3, -0.25) is 19.2 Å². The molecule has 3 rings (SSSR count). The number of benzene rings is 3. The molecule has 0 heterocycles. The minimum Gasteiger partial charge on any atom is -0.426 e. The van der Waals surface area contributed by atoms with Crippen LogP contribution in [0.3, 0.4) is 0 Å². The molecule has 11 heteroatoms. The van der Waals surface area contributed by atoms with Crippen LogP contribution >= 0.6 is 0 Å². The van der Waals surface area contributed by atoms with E-state index < -0.39 is 43.3 Å². The molecule has 0 spiro atoms. The lowest BCUT2D eigenvalue weighted by Gasteiger charge is -2.19. The Balaban J connectivity index is 1.55. The summed E-state index contributed by atoms with van der Waals surface area (Å²) >= 11 is 0. The average Bonchev–Trinajstić information content (AvgIpc) is 2.94. The normalized spacial score (nSPS) is 11.1. The molecular weight excluding hydrogens is 487 g/mol. The van der Waals surface area contributed by atoms with Gasteiger partial charge in [0.05, 0.1) is 19.5 Å². The van der Waals surface area contributed by atoms with Gasteiger partial charge in [-0.25, -0.2) is 0 Å². The summed E-state index contributed by atoms with van der Waals surface area (Å²) < 4.78 is 0. The number of hydrogen-bond donors (Lipinski definition) is 6. The quantitative estimate of drug-likeness (QED) is 0.187. The predicted molar refractivity (Wildman–Crippen MR) is 142 cm³/mol. The molecule has 0 aromatic heterocycles. The predicted octanol–water partition coefficient (Wildman–Crippen LogP) is 0.0553. The van der Waals surface area contributed by atoms with E-state index >= 15 is 0 Å². The van der Waals surface area contributed by atoms with Gasteiger partial charge in [-0.1, -0.05) is 72.8 Å². The van der Waals surface area contributed by atoms with Crippen LogP contribution in [0.2, 0.25) is 0 Å². The highest BCUT2D eigenvalue weighted by Gasteiger charge is 2.22. The molecule has 0 bridgehead atoms. The number of amides is 4. The maximum Gasteiger partial charge on any atom is 0.472 e. The van der Waals surface area contributed by atoms with E-state index in [0.29, 0.717) is 5.56 Å². The molecule has 3 aromatic carbocycles. The molecule has 0 fully saturated rings. The zero-order valence-corrected chi connectivity index (χ0v) is 20.6. The monoisotopic (exact) mass is 516 g/mol. The van der Waals surface area contributed by atoms with Crippen LogP contribution in [0.25, 0.3) is 11.1 Å². The Bertz CT molecular complexity index is 1220. The largest absolute Gasteiger partial charge is 0.472 e. The third kappa shape index (κ3) is 9.19. The van der Waals surface area contributed by atoms with Gasteiger partial charge in [0, 0.05) is 12.0 Å². The van der Waals surface area contributed by atoms with Crippen LogP contribution in [-0.4, -0.2) is 66.4 Å². The molecule has 0 aliphatic heterocycles. The lowest BCUT2D eigenvalue weighted by Crippen LogP contribution is -2.52. The van der Waals surface area contributed by atoms with Crippen molar-refractivity contribution in [2.24, 2.45) is 0 Å². The molecule has 3 aromatic rings. The Morgan fingerprint density at radius 3 is 1.89 bits per heavy atom. The highest BCUT2D eigenvalue weighted by molar-refractivity contribution is 6.41. The molecule has 196 valence electrons. The fourth-order valence-electron chi connectivity index (χ4n) is 3.57. The van der Waals surface area contributed by atoms with E-state index in [-0.39, 0.29) is 19.4 Å². The van der Waals surface area contributed by atoms with Crippen LogP contribution in [0, 0.1) is 0 Å². The Morgan fingerprint density at radius 1 is 0.684 bits per heavy atom. The topological polar surface area (TPSA) is 157 Å². The zero-order chi connectivity index (χ0) is 27.3. The van der Waals surface area contributed by atoms with E-state index in [9.17, 15) is 19.2 Å². The van der Waals surface area contributed by atoms with E-state index in [2.05, 4.69) is 21.3 Å². The van der Waals surface area contributed by atoms with E-state index in [1.54, 1.807) is 36.4 Å². The second-order valence-electron chi connectivity index (χ2n) is 8.44. The molecular formula is C27H29BN4O6. The summed E-state index contributed by atoms with van der Waals surface area (Å²) in [6.45, 7) is -0.769. The van der Waals surface area contributed by atoms with Gasteiger partial charge in [0.1, 0.15) is 6.04 Å². The average molecular weight is 516 g/mol. The summed E-state index contributed by atoms with van der Waals surface area (Å²) in [4.78, 5) is 49.7. The highest BCUT2D eigenvalue weighted by Crippen LogP contribution is 2.19. The van der Waals surface area contributed by atoms with Crippen molar-refractivity contribution in [3.05, 3.63) is 96.1 Å². The van der Waals surface area contributed by atoms with Crippen molar-refractivity contribution >= 4 is 30.7 Å². The Hall–Kier alpha value is -4.48. The minimum absolute atomic E-state index is 0.157. The summed E-state index contributed by atoms with van der Waals surface area (Å²) in [5, 5.41) is 27.5. The molecule has 0 saturated carbocycles. The van der Waals surface area contributed by atoms with E-state index in [1.807, 2.05) is 48.5 Å². The summed E-state index contributed by atoms with van der Waals surface area (Å²) in [6, 6.07) is 24.7. The maximum atomic E-state index is 12.7. The number of carbonyl (C=O) groups is 4. The summed E-state index contributed by atoms with van der Waals surface area (Å²) in [6.07, 6.45) is -0.224. The van der Waals surface area contributed by atoms with Gasteiger partial charge in [-0.05, 0) is 28.8 Å². The number of nitrogens with one attached hydrogen (secondary N) is 4. The molecule has 0 saturated heterocycles. The molecule has 1 unspecified atom stereocenters. The molecule has 10 nitrogen and oxygen atoms in total. The van der Waals surface area contributed by atoms with E-state index in [1.165, 1.54) is 0 Å². The fourth-order valence-corrected chi connectivity index (χ4v) is 3.57. The first kappa shape index (κ1) is 28.1. The van der Waals surface area contributed by atoms with E-state index in [0.717, 1.165) is 16.7 Å². The van der Waals surface area contributed by atoms with Crippen LogP contribution in [0.4, 0.5) is 0 Å². The zero-order valence-electron chi connectivity index (χ0n) is 20.6. The molecule has 4 amide bonds. The first-order valence-electron chi connectivity index (χ1n) is 12.0. The van der Waals surface area contributed by atoms with Crippen molar-refractivity contribution in [2.75, 3.05) is 19.5 Å². The third-order valence-electron chi connectivity index (χ3n) is 5.50. The van der Waals surface area contributed by atoms with Gasteiger partial charge in [-0.2, -0.15) is 0 Å². The van der Waals surface area contributed by atoms with Gasteiger partial charge in [0.15, 0.2) is 0 Å². The van der Waals surface area contributed by atoms with Gasteiger partial charge in [0.2, 0.25) is 17.7 Å². The number of carbonyl (C=O) groups excluding carboxylic acids is 4. The fraction of sp³-hybridized carbons (Fsp3) is 0.185. The van der Waals surface area contributed by atoms with Crippen LogP contribution < -0.4 is 21.3 Å². The first-order chi connectivity index (χ1) is 18.3. The van der Waals surface area contributed by atoms with Gasteiger partial charge in [0.25, 0.3) is 5.91 Å². The molecule has 6 N–H and O–H groups in total. The molecule has 0 aliphatic carbocycles. The second-order valence-corrected chi connectivity index (χ2v) is 8.44. The van der Waals surface area contributed by atoms with E-state index in [4.69, 9.17) is 10.0 Å². The van der Waals surface area contributed by atoms with Crippen molar-refractivity contribution in [1.29, 1.82) is 0 Å². The molecule has 0 radical (unpaired) electrons. The lowest BCUT2D eigenvalue weighted by atomic mass is 9.92. The van der Waals surface area contributed by atoms with Crippen molar-refractivity contribution < 1.29 is 29.2 Å². The Kier molecular flexibility index (Phi) is 10.6. The lowest BCUT2D eigenvalue weighted by molar-refractivity contribution is -0.130. The third-order valence-corrected chi connectivity index (χ3v) is 5.50. The maximum absolute atomic E-state index is 12.7. The Morgan fingerprint density at radius 2 is 1.26 bits per heavy atom. The van der Waals surface area contributed by atoms with Crippen molar-refractivity contribution in [3.8, 4) is 11.1 Å². The Labute approximate surface area is 220 Å². The minimum atomic E-state index is -1.71. The number of hydrogen-bond acceptors (Lipinski definition) is 6. The summed E-state index contributed by atoms with van der Waals surface area (Å²) in [5.41, 5.74) is 3.14. The summed E-state index contributed by atoms with van der Waals surface area (Å²) in [7, 11) is -1.71. The van der Waals surface area contributed by atoms with Gasteiger partial charge >= 0.3 is 7.12 Å². The number of rotatable bonds is 12. The van der Waals surface area contributed by atoms with Crippen molar-refractivity contribution in [3.63, 3.8) is 0 Å². The molecule has 38 heavy (non-hydrogen) atoms. The van der Waals surface area contributed by atoms with Gasteiger partial charge < -0.3 is 31.3 Å². The van der Waals surface area contributed by atoms with Crippen LogP contribution in [0.5, 0.6) is 0 Å². The van der Waals surface area contributed by atoms with Crippen molar-refractivity contribution in [1.82, 2.24) is 21.3 Å². The molecule has 0 aliphatic rings. The van der Waals surface area contributed by atoms with Crippen LogP contribution in [0.1, 0.15) is 15.9 Å². The second kappa shape index (κ2) is 14.3. The van der Waals surface area contributed by atoms with Gasteiger partial charge in [-0.15, -0.1) is 0 Å².